The summed E-state index contributed by atoms with van der Waals surface area (Å²) in [5.41, 5.74) is -0.113. The monoisotopic (exact) mass is 387 g/mol. The predicted octanol–water partition coefficient (Wildman–Crippen LogP) is 2.52. The molecule has 1 aromatic carbocycles. The average Bonchev–Trinajstić information content (AvgIpc) is 3.00. The van der Waals surface area contributed by atoms with Crippen LogP contribution in [0.4, 0.5) is 5.13 Å². The number of ether oxygens (including phenoxy) is 1. The summed E-state index contributed by atoms with van der Waals surface area (Å²) in [5, 5.41) is 3.68. The zero-order chi connectivity index (χ0) is 19.7. The Bertz CT molecular complexity index is 1100. The number of carbonyl (C=O) groups is 2. The van der Waals surface area contributed by atoms with Crippen molar-refractivity contribution in [2.45, 2.75) is 6.92 Å². The molecule has 0 bridgehead atoms. The molecule has 3 rings (SSSR count). The zero-order valence-corrected chi connectivity index (χ0v) is 16.0. The maximum Gasteiger partial charge on any atom is 0.344 e. The first-order valence-corrected chi connectivity index (χ1v) is 8.74. The highest BCUT2D eigenvalue weighted by Gasteiger charge is 2.19. The summed E-state index contributed by atoms with van der Waals surface area (Å²) < 4.78 is 10.3. The Balaban J connectivity index is 1.91. The van der Waals surface area contributed by atoms with Crippen LogP contribution in [0, 0.1) is 6.92 Å². The van der Waals surface area contributed by atoms with E-state index >= 15 is 0 Å². The van der Waals surface area contributed by atoms with Crippen molar-refractivity contribution in [1.82, 2.24) is 9.88 Å². The van der Waals surface area contributed by atoms with Gasteiger partial charge >= 0.3 is 5.63 Å². The van der Waals surface area contributed by atoms with Gasteiger partial charge in [-0.05, 0) is 36.6 Å². The molecule has 2 heterocycles. The maximum absolute atomic E-state index is 12.5. The van der Waals surface area contributed by atoms with Crippen LogP contribution in [0.15, 0.2) is 33.5 Å². The number of thiazole rings is 1. The zero-order valence-electron chi connectivity index (χ0n) is 15.2. The second-order valence-electron chi connectivity index (χ2n) is 5.94. The number of carbonyl (C=O) groups excluding carboxylic acids is 2. The number of nitrogens with one attached hydrogen (secondary N) is 1. The van der Waals surface area contributed by atoms with Crippen LogP contribution in [-0.4, -0.2) is 42.9 Å². The van der Waals surface area contributed by atoms with E-state index in [-0.39, 0.29) is 16.8 Å². The lowest BCUT2D eigenvalue weighted by Crippen LogP contribution is -2.21. The third-order valence-electron chi connectivity index (χ3n) is 3.81. The molecule has 0 atom stereocenters. The van der Waals surface area contributed by atoms with Gasteiger partial charge in [0.1, 0.15) is 10.6 Å². The van der Waals surface area contributed by atoms with E-state index in [2.05, 4.69) is 10.3 Å². The molecule has 0 aliphatic heterocycles. The number of hydrogen-bond acceptors (Lipinski definition) is 7. The van der Waals surface area contributed by atoms with E-state index in [1.807, 2.05) is 0 Å². The summed E-state index contributed by atoms with van der Waals surface area (Å²) in [4.78, 5) is 42.8. The third-order valence-corrected chi connectivity index (χ3v) is 4.87. The van der Waals surface area contributed by atoms with Crippen LogP contribution in [0.25, 0.3) is 10.8 Å². The van der Waals surface area contributed by atoms with Gasteiger partial charge in [0.15, 0.2) is 10.9 Å². The van der Waals surface area contributed by atoms with Crippen molar-refractivity contribution in [3.8, 4) is 5.75 Å². The molecule has 0 spiro atoms. The Morgan fingerprint density at radius 1 is 1.26 bits per heavy atom. The van der Waals surface area contributed by atoms with Gasteiger partial charge < -0.3 is 14.1 Å². The standard InChI is InChI=1S/C18H17N3O5S/c1-9-14(16(23)21(2)3)27-18(19-9)20-15(22)13-8-10-7-11(25-4)5-6-12(10)17(24)26-13/h5-8H,1-4H3,(H,19,20,22). The van der Waals surface area contributed by atoms with Crippen molar-refractivity contribution in [2.75, 3.05) is 26.5 Å². The number of aromatic nitrogens is 1. The highest BCUT2D eigenvalue weighted by Crippen LogP contribution is 2.25. The Kier molecular flexibility index (Phi) is 4.95. The average molecular weight is 387 g/mol. The lowest BCUT2D eigenvalue weighted by Gasteiger charge is -2.07. The van der Waals surface area contributed by atoms with Crippen LogP contribution in [-0.2, 0) is 0 Å². The van der Waals surface area contributed by atoms with Crippen molar-refractivity contribution in [1.29, 1.82) is 0 Å². The summed E-state index contributed by atoms with van der Waals surface area (Å²) >= 11 is 1.06. The van der Waals surface area contributed by atoms with Crippen molar-refractivity contribution >= 4 is 39.1 Å². The number of benzene rings is 1. The van der Waals surface area contributed by atoms with E-state index < -0.39 is 11.5 Å². The fourth-order valence-corrected chi connectivity index (χ4v) is 3.40. The molecule has 0 radical (unpaired) electrons. The van der Waals surface area contributed by atoms with Gasteiger partial charge in [-0.3, -0.25) is 14.9 Å². The quantitative estimate of drug-likeness (QED) is 0.738. The fourth-order valence-electron chi connectivity index (χ4n) is 2.42. The van der Waals surface area contributed by atoms with Crippen LogP contribution in [0.3, 0.4) is 0 Å². The van der Waals surface area contributed by atoms with Gasteiger partial charge in [0.05, 0.1) is 18.2 Å². The maximum atomic E-state index is 12.5. The van der Waals surface area contributed by atoms with Gasteiger partial charge in [0.2, 0.25) is 0 Å². The molecule has 0 unspecified atom stereocenters. The first kappa shape index (κ1) is 18.6. The van der Waals surface area contributed by atoms with Crippen molar-refractivity contribution in [3.63, 3.8) is 0 Å². The van der Waals surface area contributed by atoms with Crippen LogP contribution >= 0.6 is 11.3 Å². The van der Waals surface area contributed by atoms with Gasteiger partial charge in [0, 0.05) is 14.1 Å². The second-order valence-corrected chi connectivity index (χ2v) is 6.94. The molecule has 8 nitrogen and oxygen atoms in total. The number of methoxy groups -OCH3 is 1. The molecule has 0 fully saturated rings. The minimum absolute atomic E-state index is 0.158. The number of rotatable bonds is 4. The molecule has 0 aliphatic rings. The molecular weight excluding hydrogens is 370 g/mol. The molecule has 2 aromatic heterocycles. The van der Waals surface area contributed by atoms with Gasteiger partial charge in [0.25, 0.3) is 11.8 Å². The normalized spacial score (nSPS) is 10.7. The topological polar surface area (TPSA) is 102 Å². The smallest absolute Gasteiger partial charge is 0.344 e. The molecule has 9 heteroatoms. The molecular formula is C18H17N3O5S. The van der Waals surface area contributed by atoms with Crippen LogP contribution in [0.1, 0.15) is 25.9 Å². The summed E-state index contributed by atoms with van der Waals surface area (Å²) in [5.74, 6) is -0.430. The highest BCUT2D eigenvalue weighted by atomic mass is 32.1. The minimum atomic E-state index is -0.630. The van der Waals surface area contributed by atoms with E-state index in [0.29, 0.717) is 27.1 Å². The van der Waals surface area contributed by atoms with Crippen LogP contribution in [0.2, 0.25) is 0 Å². The predicted molar refractivity (Wildman–Crippen MR) is 102 cm³/mol. The Hall–Kier alpha value is -3.20. The first-order chi connectivity index (χ1) is 12.8. The second kappa shape index (κ2) is 7.20. The summed E-state index contributed by atoms with van der Waals surface area (Å²) in [6.45, 7) is 1.69. The first-order valence-electron chi connectivity index (χ1n) is 7.92. The van der Waals surface area contributed by atoms with Crippen molar-refractivity contribution in [2.24, 2.45) is 0 Å². The van der Waals surface area contributed by atoms with E-state index in [1.165, 1.54) is 18.1 Å². The number of anilines is 1. The van der Waals surface area contributed by atoms with Crippen LogP contribution < -0.4 is 15.7 Å². The van der Waals surface area contributed by atoms with Crippen molar-refractivity contribution in [3.05, 3.63) is 51.0 Å². The Labute approximate surface area is 158 Å². The van der Waals surface area contributed by atoms with E-state index in [0.717, 1.165) is 11.3 Å². The number of fused-ring (bicyclic) bond motifs is 1. The molecule has 27 heavy (non-hydrogen) atoms. The molecule has 0 saturated carbocycles. The van der Waals surface area contributed by atoms with E-state index in [9.17, 15) is 14.4 Å². The van der Waals surface area contributed by atoms with Gasteiger partial charge in [-0.25, -0.2) is 9.78 Å². The number of amides is 2. The lowest BCUT2D eigenvalue weighted by molar-refractivity contribution is 0.0831. The largest absolute Gasteiger partial charge is 0.497 e. The van der Waals surface area contributed by atoms with Crippen molar-refractivity contribution < 1.29 is 18.7 Å². The van der Waals surface area contributed by atoms with E-state index in [4.69, 9.17) is 9.15 Å². The Morgan fingerprint density at radius 2 is 2.00 bits per heavy atom. The SMILES string of the molecule is COc1ccc2c(=O)oc(C(=O)Nc3nc(C)c(C(=O)N(C)C)s3)cc2c1. The molecule has 0 aliphatic carbocycles. The lowest BCUT2D eigenvalue weighted by atomic mass is 10.1. The summed E-state index contributed by atoms with van der Waals surface area (Å²) in [7, 11) is 4.78. The van der Waals surface area contributed by atoms with E-state index in [1.54, 1.807) is 39.2 Å². The van der Waals surface area contributed by atoms with Gasteiger partial charge in [-0.1, -0.05) is 11.3 Å². The van der Waals surface area contributed by atoms with Crippen LogP contribution in [0.5, 0.6) is 5.75 Å². The molecule has 2 amide bonds. The number of nitrogens with zero attached hydrogens (tertiary/aromatic N) is 2. The molecule has 140 valence electrons. The summed E-state index contributed by atoms with van der Waals surface area (Å²) in [6, 6.07) is 6.32. The Morgan fingerprint density at radius 3 is 2.67 bits per heavy atom. The minimum Gasteiger partial charge on any atom is -0.497 e. The molecule has 3 aromatic rings. The fraction of sp³-hybridized carbons (Fsp3) is 0.222. The van der Waals surface area contributed by atoms with Gasteiger partial charge in [-0.15, -0.1) is 0 Å². The summed E-state index contributed by atoms with van der Waals surface area (Å²) in [6.07, 6.45) is 0. The molecule has 1 N–H and O–H groups in total. The van der Waals surface area contributed by atoms with Gasteiger partial charge in [-0.2, -0.15) is 0 Å². The molecule has 0 saturated heterocycles. The number of hydrogen-bond donors (Lipinski definition) is 1. The third kappa shape index (κ3) is 3.68. The number of aryl methyl sites for hydroxylation is 1. The highest BCUT2D eigenvalue weighted by molar-refractivity contribution is 7.17.